The summed E-state index contributed by atoms with van der Waals surface area (Å²) in [6.45, 7) is 6.18. The number of benzene rings is 1. The third-order valence-electron chi connectivity index (χ3n) is 6.42. The van der Waals surface area contributed by atoms with Crippen LogP contribution < -0.4 is 16.0 Å². The Morgan fingerprint density at radius 3 is 2.55 bits per heavy atom. The molecule has 1 aliphatic heterocycles. The molecule has 2 fully saturated rings. The summed E-state index contributed by atoms with van der Waals surface area (Å²) in [7, 11) is 0. The van der Waals surface area contributed by atoms with Crippen LogP contribution in [0, 0.1) is 24.5 Å². The van der Waals surface area contributed by atoms with Gasteiger partial charge in [-0.3, -0.25) is 9.78 Å². The van der Waals surface area contributed by atoms with Crippen LogP contribution in [-0.4, -0.2) is 41.7 Å². The van der Waals surface area contributed by atoms with Gasteiger partial charge >= 0.3 is 6.09 Å². The predicted octanol–water partition coefficient (Wildman–Crippen LogP) is 3.93. The normalized spacial score (nSPS) is 21.1. The van der Waals surface area contributed by atoms with Gasteiger partial charge in [0.15, 0.2) is 0 Å². The molecule has 9 heteroatoms. The maximum absolute atomic E-state index is 14.1. The van der Waals surface area contributed by atoms with Crippen molar-refractivity contribution in [1.29, 1.82) is 0 Å². The highest BCUT2D eigenvalue weighted by molar-refractivity contribution is 6.04. The lowest BCUT2D eigenvalue weighted by molar-refractivity contribution is 0.0480. The number of carbonyl (C=O) groups is 2. The number of carbonyl (C=O) groups excluding carboxylic acids is 2. The average molecular weight is 459 g/mol. The van der Waals surface area contributed by atoms with Gasteiger partial charge in [-0.05, 0) is 57.2 Å². The molecular weight excluding hydrogens is 430 g/mol. The molecule has 0 unspecified atom stereocenters. The molecule has 2 amide bonds. The van der Waals surface area contributed by atoms with Gasteiger partial charge in [0.2, 0.25) is 0 Å². The van der Waals surface area contributed by atoms with Crippen molar-refractivity contribution >= 4 is 17.7 Å². The number of primary amides is 1. The van der Waals surface area contributed by atoms with Gasteiger partial charge in [-0.2, -0.15) is 0 Å². The Hall–Kier alpha value is -3.23. The topological polar surface area (TPSA) is 97.6 Å². The summed E-state index contributed by atoms with van der Waals surface area (Å²) in [5, 5.41) is 3.04. The van der Waals surface area contributed by atoms with Crippen LogP contribution in [0.2, 0.25) is 0 Å². The molecule has 176 valence electrons. The van der Waals surface area contributed by atoms with Gasteiger partial charge in [0.1, 0.15) is 17.2 Å². The van der Waals surface area contributed by atoms with Gasteiger partial charge in [0.25, 0.3) is 5.91 Å². The van der Waals surface area contributed by atoms with E-state index < -0.39 is 23.3 Å². The highest BCUT2D eigenvalue weighted by Crippen LogP contribution is 2.41. The molecule has 1 saturated heterocycles. The Balaban J connectivity index is 1.82. The molecule has 0 bridgehead atoms. The van der Waals surface area contributed by atoms with E-state index in [1.54, 1.807) is 13.8 Å². The standard InChI is InChI=1S/C24H28F2N4O3/c1-13(15-4-5-15)29-22(31)19-11-28-14(2)20(16-8-17(25)10-18(26)9-16)21(19)30-7-6-24(3,12-30)33-23(27)32/h8-11,13,15H,4-7,12H2,1-3H3,(H2,27,32)(H,29,31)/t13-,24-/m0/s1. The van der Waals surface area contributed by atoms with Crippen LogP contribution >= 0.6 is 0 Å². The third-order valence-corrected chi connectivity index (χ3v) is 6.42. The summed E-state index contributed by atoms with van der Waals surface area (Å²) in [4.78, 5) is 31.0. The Kier molecular flexibility index (Phi) is 5.99. The van der Waals surface area contributed by atoms with Crippen molar-refractivity contribution in [3.05, 3.63) is 47.3 Å². The highest BCUT2D eigenvalue weighted by atomic mass is 19.1. The highest BCUT2D eigenvalue weighted by Gasteiger charge is 2.40. The second-order valence-electron chi connectivity index (χ2n) is 9.28. The molecule has 7 nitrogen and oxygen atoms in total. The second-order valence-corrected chi connectivity index (χ2v) is 9.28. The molecule has 3 N–H and O–H groups in total. The van der Waals surface area contributed by atoms with E-state index in [9.17, 15) is 18.4 Å². The molecular formula is C24H28F2N4O3. The zero-order valence-corrected chi connectivity index (χ0v) is 19.0. The van der Waals surface area contributed by atoms with Crippen molar-refractivity contribution in [2.75, 3.05) is 18.0 Å². The van der Waals surface area contributed by atoms with Crippen LogP contribution in [0.5, 0.6) is 0 Å². The first-order valence-electron chi connectivity index (χ1n) is 11.1. The van der Waals surface area contributed by atoms with E-state index in [1.165, 1.54) is 18.3 Å². The van der Waals surface area contributed by atoms with Gasteiger partial charge in [-0.15, -0.1) is 0 Å². The largest absolute Gasteiger partial charge is 0.441 e. The number of nitrogens with zero attached hydrogens (tertiary/aromatic N) is 2. The van der Waals surface area contributed by atoms with E-state index >= 15 is 0 Å². The third kappa shape index (κ3) is 4.91. The lowest BCUT2D eigenvalue weighted by Crippen LogP contribution is -2.38. The average Bonchev–Trinajstić information content (AvgIpc) is 3.49. The summed E-state index contributed by atoms with van der Waals surface area (Å²) in [6, 6.07) is 3.25. The Morgan fingerprint density at radius 1 is 1.27 bits per heavy atom. The smallest absolute Gasteiger partial charge is 0.405 e. The summed E-state index contributed by atoms with van der Waals surface area (Å²) in [6.07, 6.45) is 3.23. The SMILES string of the molecule is Cc1ncc(C(=O)N[C@@H](C)C2CC2)c(N2CC[C@](C)(OC(N)=O)C2)c1-c1cc(F)cc(F)c1. The molecule has 33 heavy (non-hydrogen) atoms. The maximum atomic E-state index is 14.1. The number of amides is 2. The summed E-state index contributed by atoms with van der Waals surface area (Å²) in [5.74, 6) is -1.31. The van der Waals surface area contributed by atoms with E-state index in [0.29, 0.717) is 41.4 Å². The first-order chi connectivity index (χ1) is 15.6. The van der Waals surface area contributed by atoms with Gasteiger partial charge in [-0.25, -0.2) is 13.6 Å². The number of anilines is 1. The quantitative estimate of drug-likeness (QED) is 0.684. The first kappa shape index (κ1) is 22.9. The number of rotatable bonds is 6. The lowest BCUT2D eigenvalue weighted by atomic mass is 9.97. The summed E-state index contributed by atoms with van der Waals surface area (Å²) in [5.41, 5.74) is 6.46. The van der Waals surface area contributed by atoms with Crippen molar-refractivity contribution in [3.8, 4) is 11.1 Å². The van der Waals surface area contributed by atoms with Crippen LogP contribution in [0.4, 0.5) is 19.3 Å². The zero-order valence-electron chi connectivity index (χ0n) is 19.0. The minimum absolute atomic E-state index is 0.00348. The fourth-order valence-electron chi connectivity index (χ4n) is 4.58. The zero-order chi connectivity index (χ0) is 23.9. The van der Waals surface area contributed by atoms with Crippen molar-refractivity contribution < 1.29 is 23.1 Å². The van der Waals surface area contributed by atoms with Crippen molar-refractivity contribution in [2.45, 2.75) is 51.7 Å². The fraction of sp³-hybridized carbons (Fsp3) is 0.458. The van der Waals surface area contributed by atoms with Gasteiger partial charge in [-0.1, -0.05) is 0 Å². The number of pyridine rings is 1. The molecule has 2 aliphatic rings. The van der Waals surface area contributed by atoms with E-state index in [1.807, 2.05) is 11.8 Å². The molecule has 2 heterocycles. The van der Waals surface area contributed by atoms with Gasteiger partial charge in [0.05, 0.1) is 17.8 Å². The van der Waals surface area contributed by atoms with Crippen LogP contribution in [0.3, 0.4) is 0 Å². The fourth-order valence-corrected chi connectivity index (χ4v) is 4.58. The Morgan fingerprint density at radius 2 is 1.94 bits per heavy atom. The molecule has 2 atom stereocenters. The van der Waals surface area contributed by atoms with Crippen molar-refractivity contribution in [3.63, 3.8) is 0 Å². The van der Waals surface area contributed by atoms with E-state index in [4.69, 9.17) is 10.5 Å². The number of aromatic nitrogens is 1. The van der Waals surface area contributed by atoms with Crippen molar-refractivity contribution in [2.24, 2.45) is 11.7 Å². The molecule has 4 rings (SSSR count). The van der Waals surface area contributed by atoms with Crippen LogP contribution in [0.25, 0.3) is 11.1 Å². The maximum Gasteiger partial charge on any atom is 0.405 e. The number of ether oxygens (including phenoxy) is 1. The number of hydrogen-bond acceptors (Lipinski definition) is 5. The van der Waals surface area contributed by atoms with Gasteiger partial charge < -0.3 is 20.7 Å². The molecule has 1 aliphatic carbocycles. The molecule has 0 radical (unpaired) electrons. The Labute approximate surface area is 191 Å². The van der Waals surface area contributed by atoms with Crippen LogP contribution in [0.1, 0.15) is 49.2 Å². The monoisotopic (exact) mass is 458 g/mol. The first-order valence-corrected chi connectivity index (χ1v) is 11.1. The van der Waals surface area contributed by atoms with Crippen LogP contribution in [0.15, 0.2) is 24.4 Å². The summed E-state index contributed by atoms with van der Waals surface area (Å²) >= 11 is 0. The summed E-state index contributed by atoms with van der Waals surface area (Å²) < 4.78 is 33.6. The van der Waals surface area contributed by atoms with Crippen molar-refractivity contribution in [1.82, 2.24) is 10.3 Å². The number of nitrogens with one attached hydrogen (secondary N) is 1. The molecule has 1 aromatic carbocycles. The number of hydrogen-bond donors (Lipinski definition) is 2. The molecule has 2 aromatic rings. The second kappa shape index (κ2) is 8.61. The number of nitrogens with two attached hydrogens (primary N) is 1. The minimum atomic E-state index is -0.881. The van der Waals surface area contributed by atoms with E-state index in [-0.39, 0.29) is 24.1 Å². The molecule has 0 spiro atoms. The predicted molar refractivity (Wildman–Crippen MR) is 120 cm³/mol. The van der Waals surface area contributed by atoms with E-state index in [2.05, 4.69) is 10.3 Å². The van der Waals surface area contributed by atoms with Crippen LogP contribution in [-0.2, 0) is 4.74 Å². The van der Waals surface area contributed by atoms with E-state index in [0.717, 1.165) is 18.9 Å². The minimum Gasteiger partial charge on any atom is -0.441 e. The molecule has 1 saturated carbocycles. The Bertz CT molecular complexity index is 1090. The lowest BCUT2D eigenvalue weighted by Gasteiger charge is -2.28. The van der Waals surface area contributed by atoms with Gasteiger partial charge in [0, 0.05) is 42.5 Å². The number of halogens is 2. The molecule has 1 aromatic heterocycles. The number of aryl methyl sites for hydroxylation is 1.